The quantitative estimate of drug-likeness (QED) is 0.483. The summed E-state index contributed by atoms with van der Waals surface area (Å²) in [4.78, 5) is 28.0. The Bertz CT molecular complexity index is 1300. The molecule has 1 N–H and O–H groups in total. The molecule has 0 unspecified atom stereocenters. The van der Waals surface area contributed by atoms with E-state index in [0.29, 0.717) is 47.9 Å². The predicted molar refractivity (Wildman–Crippen MR) is 145 cm³/mol. The molecule has 0 spiro atoms. The van der Waals surface area contributed by atoms with E-state index >= 15 is 0 Å². The van der Waals surface area contributed by atoms with Crippen molar-refractivity contribution < 1.29 is 18.7 Å². The molecular weight excluding hydrogens is 511 g/mol. The van der Waals surface area contributed by atoms with Crippen LogP contribution in [0.15, 0.2) is 36.7 Å². The number of benzene rings is 2. The van der Waals surface area contributed by atoms with Crippen molar-refractivity contribution in [3.63, 3.8) is 0 Å². The fourth-order valence-electron chi connectivity index (χ4n) is 4.84. The van der Waals surface area contributed by atoms with Gasteiger partial charge in [-0.1, -0.05) is 17.7 Å². The molecule has 202 valence electrons. The highest BCUT2D eigenvalue weighted by molar-refractivity contribution is 6.31. The molecule has 2 fully saturated rings. The zero-order valence-electron chi connectivity index (χ0n) is 21.6. The van der Waals surface area contributed by atoms with Gasteiger partial charge < -0.3 is 24.6 Å². The highest BCUT2D eigenvalue weighted by Gasteiger charge is 2.27. The first-order chi connectivity index (χ1) is 18.4. The first-order valence-corrected chi connectivity index (χ1v) is 13.2. The number of ether oxygens (including phenoxy) is 2. The second kappa shape index (κ2) is 11.7. The van der Waals surface area contributed by atoms with Crippen molar-refractivity contribution in [2.24, 2.45) is 0 Å². The van der Waals surface area contributed by atoms with Crippen LogP contribution < -0.4 is 14.8 Å². The first kappa shape index (κ1) is 26.4. The van der Waals surface area contributed by atoms with Crippen LogP contribution in [0.4, 0.5) is 15.9 Å². The maximum absolute atomic E-state index is 14.5. The van der Waals surface area contributed by atoms with E-state index in [1.807, 2.05) is 4.90 Å². The lowest BCUT2D eigenvalue weighted by Crippen LogP contribution is -2.50. The molecule has 0 aliphatic carbocycles. The van der Waals surface area contributed by atoms with Crippen LogP contribution >= 0.6 is 11.6 Å². The van der Waals surface area contributed by atoms with Crippen molar-refractivity contribution in [1.82, 2.24) is 24.7 Å². The number of amides is 1. The zero-order valence-corrected chi connectivity index (χ0v) is 22.4. The Morgan fingerprint density at radius 3 is 2.61 bits per heavy atom. The van der Waals surface area contributed by atoms with E-state index in [9.17, 15) is 9.18 Å². The van der Waals surface area contributed by atoms with Crippen LogP contribution in [0.5, 0.6) is 11.5 Å². The molecule has 2 saturated heterocycles. The first-order valence-electron chi connectivity index (χ1n) is 12.8. The Morgan fingerprint density at radius 2 is 1.87 bits per heavy atom. The van der Waals surface area contributed by atoms with Crippen LogP contribution in [-0.2, 0) is 4.79 Å². The third-order valence-electron chi connectivity index (χ3n) is 7.17. The topological polar surface area (TPSA) is 83.1 Å². The second-order valence-electron chi connectivity index (χ2n) is 9.75. The Balaban J connectivity index is 1.24. The normalized spacial score (nSPS) is 17.5. The van der Waals surface area contributed by atoms with Gasteiger partial charge in [0.05, 0.1) is 29.9 Å². The Labute approximate surface area is 226 Å². The summed E-state index contributed by atoms with van der Waals surface area (Å²) in [5.41, 5.74) is 0.839. The van der Waals surface area contributed by atoms with E-state index in [1.165, 1.54) is 12.4 Å². The third kappa shape index (κ3) is 5.92. The number of hydrogen-bond acceptors (Lipinski definition) is 8. The number of nitrogens with one attached hydrogen (secondary N) is 1. The molecule has 1 aromatic heterocycles. The Hall–Kier alpha value is -3.21. The van der Waals surface area contributed by atoms with Crippen LogP contribution in [0, 0.1) is 5.82 Å². The maximum Gasteiger partial charge on any atom is 0.236 e. The molecule has 0 saturated carbocycles. The molecule has 2 aromatic carbocycles. The van der Waals surface area contributed by atoms with Crippen LogP contribution in [-0.4, -0.2) is 96.6 Å². The summed E-state index contributed by atoms with van der Waals surface area (Å²) in [5, 5.41) is 3.68. The smallest absolute Gasteiger partial charge is 0.236 e. The number of anilines is 2. The summed E-state index contributed by atoms with van der Waals surface area (Å²) in [5.74, 6) is 1.15. The summed E-state index contributed by atoms with van der Waals surface area (Å²) in [6.45, 7) is 5.65. The SMILES string of the molecule is COc1cc2c(Nc3cccc(Cl)c3F)ncnc2cc1OC1CCN(C(=O)CN2CCN(C)CC2)CC1. The molecule has 3 aromatic rings. The van der Waals surface area contributed by atoms with Gasteiger partial charge >= 0.3 is 0 Å². The molecule has 0 bridgehead atoms. The molecule has 2 aliphatic heterocycles. The molecule has 1 amide bonds. The summed E-state index contributed by atoms with van der Waals surface area (Å²) in [6, 6.07) is 8.33. The van der Waals surface area contributed by atoms with E-state index in [2.05, 4.69) is 32.1 Å². The predicted octanol–water partition coefficient (Wildman–Crippen LogP) is 3.79. The van der Waals surface area contributed by atoms with Crippen molar-refractivity contribution in [2.75, 3.05) is 65.3 Å². The minimum absolute atomic E-state index is 0.0219. The fraction of sp³-hybridized carbons (Fsp3) is 0.444. The highest BCUT2D eigenvalue weighted by atomic mass is 35.5. The van der Waals surface area contributed by atoms with Gasteiger partial charge in [0.25, 0.3) is 0 Å². The lowest BCUT2D eigenvalue weighted by molar-refractivity contribution is -0.134. The van der Waals surface area contributed by atoms with Crippen molar-refractivity contribution in [1.29, 1.82) is 0 Å². The molecule has 0 atom stereocenters. The molecule has 5 rings (SSSR count). The maximum atomic E-state index is 14.5. The van der Waals surface area contributed by atoms with Gasteiger partial charge in [-0.15, -0.1) is 0 Å². The molecular formula is C27H32ClFN6O3. The van der Waals surface area contributed by atoms with Gasteiger partial charge in [-0.3, -0.25) is 9.69 Å². The van der Waals surface area contributed by atoms with E-state index in [0.717, 1.165) is 39.0 Å². The van der Waals surface area contributed by atoms with Crippen molar-refractivity contribution in [3.05, 3.63) is 47.5 Å². The number of aromatic nitrogens is 2. The second-order valence-corrected chi connectivity index (χ2v) is 10.2. The minimum Gasteiger partial charge on any atom is -0.493 e. The Morgan fingerprint density at radius 1 is 1.11 bits per heavy atom. The number of piperazine rings is 1. The Kier molecular flexibility index (Phi) is 8.11. The van der Waals surface area contributed by atoms with Gasteiger partial charge in [-0.05, 0) is 25.2 Å². The third-order valence-corrected chi connectivity index (χ3v) is 7.46. The number of carbonyl (C=O) groups excluding carboxylic acids is 1. The van der Waals surface area contributed by atoms with Crippen LogP contribution in [0.1, 0.15) is 12.8 Å². The average molecular weight is 543 g/mol. The minimum atomic E-state index is -0.554. The van der Waals surface area contributed by atoms with Gasteiger partial charge in [0.2, 0.25) is 5.91 Å². The number of likely N-dealkylation sites (tertiary alicyclic amines) is 1. The summed E-state index contributed by atoms with van der Waals surface area (Å²) < 4.78 is 26.4. The summed E-state index contributed by atoms with van der Waals surface area (Å²) >= 11 is 5.92. The van der Waals surface area contributed by atoms with Crippen molar-refractivity contribution in [3.8, 4) is 11.5 Å². The monoisotopic (exact) mass is 542 g/mol. The van der Waals surface area contributed by atoms with Gasteiger partial charge in [-0.2, -0.15) is 0 Å². The number of likely N-dealkylation sites (N-methyl/N-ethyl adjacent to an activating group) is 1. The lowest BCUT2D eigenvalue weighted by Gasteiger charge is -2.36. The lowest BCUT2D eigenvalue weighted by atomic mass is 10.1. The number of fused-ring (bicyclic) bond motifs is 1. The van der Waals surface area contributed by atoms with E-state index in [-0.39, 0.29) is 22.7 Å². The number of rotatable bonds is 7. The summed E-state index contributed by atoms with van der Waals surface area (Å²) in [6.07, 6.45) is 2.84. The van der Waals surface area contributed by atoms with Gasteiger partial charge in [-0.25, -0.2) is 14.4 Å². The van der Waals surface area contributed by atoms with Crippen molar-refractivity contribution >= 4 is 39.9 Å². The fourth-order valence-corrected chi connectivity index (χ4v) is 5.02. The number of hydrogen-bond donors (Lipinski definition) is 1. The molecule has 11 heteroatoms. The summed E-state index contributed by atoms with van der Waals surface area (Å²) in [7, 11) is 3.68. The largest absolute Gasteiger partial charge is 0.493 e. The number of carbonyl (C=O) groups is 1. The molecule has 0 radical (unpaired) electrons. The van der Waals surface area contributed by atoms with Crippen LogP contribution in [0.2, 0.25) is 5.02 Å². The van der Waals surface area contributed by atoms with E-state index in [4.69, 9.17) is 21.1 Å². The highest BCUT2D eigenvalue weighted by Crippen LogP contribution is 2.36. The average Bonchev–Trinajstić information content (AvgIpc) is 2.92. The van der Waals surface area contributed by atoms with Crippen LogP contribution in [0.3, 0.4) is 0 Å². The number of piperidine rings is 1. The molecule has 3 heterocycles. The molecule has 38 heavy (non-hydrogen) atoms. The van der Waals surface area contributed by atoms with E-state index < -0.39 is 5.82 Å². The molecule has 2 aliphatic rings. The van der Waals surface area contributed by atoms with Crippen molar-refractivity contribution in [2.45, 2.75) is 18.9 Å². The number of halogens is 2. The van der Waals surface area contributed by atoms with Crippen LogP contribution in [0.25, 0.3) is 10.9 Å². The standard InChI is InChI=1S/C27H32ClFN6O3/c1-33-10-12-34(13-11-33)16-25(36)35-8-6-18(7-9-35)38-24-15-22-19(14-23(24)37-2)27(31-17-30-22)32-21-5-3-4-20(28)26(21)29/h3-5,14-15,17-18H,6-13,16H2,1-2H3,(H,30,31,32). The van der Waals surface area contributed by atoms with Gasteiger partial charge in [0.15, 0.2) is 17.3 Å². The zero-order chi connectivity index (χ0) is 26.6. The van der Waals surface area contributed by atoms with E-state index in [1.54, 1.807) is 31.4 Å². The number of methoxy groups -OCH3 is 1. The van der Waals surface area contributed by atoms with Gasteiger partial charge in [0.1, 0.15) is 18.2 Å². The van der Waals surface area contributed by atoms with Gasteiger partial charge in [0, 0.05) is 63.6 Å². The number of nitrogens with zero attached hydrogens (tertiary/aromatic N) is 5. The molecule has 9 nitrogen and oxygen atoms in total.